The van der Waals surface area contributed by atoms with Gasteiger partial charge < -0.3 is 9.64 Å². The van der Waals surface area contributed by atoms with Gasteiger partial charge in [-0.1, -0.05) is 0 Å². The third kappa shape index (κ3) is 3.97. The topological polar surface area (TPSA) is 47.4 Å². The maximum atomic E-state index is 13.6. The Kier molecular flexibility index (Phi) is 5.01. The first-order valence-electron chi connectivity index (χ1n) is 8.32. The van der Waals surface area contributed by atoms with Crippen LogP contribution in [-0.2, 0) is 11.3 Å². The minimum Gasteiger partial charge on any atom is -0.481 e. The van der Waals surface area contributed by atoms with Crippen molar-refractivity contribution in [2.24, 2.45) is 0 Å². The Bertz CT molecular complexity index is 776. The van der Waals surface area contributed by atoms with Gasteiger partial charge in [-0.05, 0) is 44.9 Å². The number of likely N-dealkylation sites (tertiary alicyclic amines) is 1. The summed E-state index contributed by atoms with van der Waals surface area (Å²) in [5, 5.41) is 4.44. The molecular weight excluding hydrogens is 328 g/mol. The zero-order valence-corrected chi connectivity index (χ0v) is 14.3. The van der Waals surface area contributed by atoms with Crippen molar-refractivity contribution in [1.82, 2.24) is 14.7 Å². The summed E-state index contributed by atoms with van der Waals surface area (Å²) in [6.45, 7) is 4.94. The van der Waals surface area contributed by atoms with Crippen LogP contribution in [-0.4, -0.2) is 39.8 Å². The molecule has 3 rings (SSSR count). The first-order valence-corrected chi connectivity index (χ1v) is 8.32. The van der Waals surface area contributed by atoms with Crippen LogP contribution >= 0.6 is 0 Å². The number of aryl methyl sites for hydroxylation is 2. The molecule has 1 aliphatic rings. The van der Waals surface area contributed by atoms with E-state index in [1.54, 1.807) is 4.90 Å². The maximum Gasteiger partial charge on any atom is 0.260 e. The SMILES string of the molecule is Cc1cc(C)n(C[C@@H]2CCCN2C(=O)COc2ccc(F)cc2F)n1. The lowest BCUT2D eigenvalue weighted by atomic mass is 10.2. The fourth-order valence-corrected chi connectivity index (χ4v) is 3.23. The second-order valence-corrected chi connectivity index (χ2v) is 6.36. The van der Waals surface area contributed by atoms with Gasteiger partial charge in [0.15, 0.2) is 18.2 Å². The number of hydrogen-bond donors (Lipinski definition) is 0. The molecule has 1 fully saturated rings. The minimum atomic E-state index is -0.812. The molecule has 25 heavy (non-hydrogen) atoms. The number of rotatable bonds is 5. The van der Waals surface area contributed by atoms with E-state index in [9.17, 15) is 13.6 Å². The Labute approximate surface area is 145 Å². The average molecular weight is 349 g/mol. The van der Waals surface area contributed by atoms with Crippen LogP contribution in [0.25, 0.3) is 0 Å². The van der Waals surface area contributed by atoms with Crippen molar-refractivity contribution in [3.05, 3.63) is 47.3 Å². The lowest BCUT2D eigenvalue weighted by molar-refractivity contribution is -0.134. The van der Waals surface area contributed by atoms with Crippen molar-refractivity contribution in [3.8, 4) is 5.75 Å². The van der Waals surface area contributed by atoms with Gasteiger partial charge in [0.05, 0.1) is 18.3 Å². The van der Waals surface area contributed by atoms with Crippen LogP contribution in [0.5, 0.6) is 5.75 Å². The monoisotopic (exact) mass is 349 g/mol. The van der Waals surface area contributed by atoms with Gasteiger partial charge in [-0.2, -0.15) is 5.10 Å². The van der Waals surface area contributed by atoms with Crippen molar-refractivity contribution in [2.75, 3.05) is 13.2 Å². The van der Waals surface area contributed by atoms with Crippen LogP contribution < -0.4 is 4.74 Å². The van der Waals surface area contributed by atoms with Crippen LogP contribution in [0.2, 0.25) is 0 Å². The molecule has 1 aromatic heterocycles. The molecule has 2 aromatic rings. The molecule has 1 saturated heterocycles. The summed E-state index contributed by atoms with van der Waals surface area (Å²) in [7, 11) is 0. The van der Waals surface area contributed by atoms with E-state index in [4.69, 9.17) is 4.74 Å². The van der Waals surface area contributed by atoms with E-state index >= 15 is 0 Å². The molecule has 1 amide bonds. The van der Waals surface area contributed by atoms with Crippen molar-refractivity contribution in [2.45, 2.75) is 39.3 Å². The van der Waals surface area contributed by atoms with Crippen LogP contribution in [0.4, 0.5) is 8.78 Å². The molecule has 0 radical (unpaired) electrons. The van der Waals surface area contributed by atoms with E-state index in [2.05, 4.69) is 5.10 Å². The van der Waals surface area contributed by atoms with Crippen molar-refractivity contribution in [1.29, 1.82) is 0 Å². The Hall–Kier alpha value is -2.44. The summed E-state index contributed by atoms with van der Waals surface area (Å²) in [5.41, 5.74) is 2.00. The van der Waals surface area contributed by atoms with Gasteiger partial charge in [0.25, 0.3) is 5.91 Å². The summed E-state index contributed by atoms with van der Waals surface area (Å²) >= 11 is 0. The first kappa shape index (κ1) is 17.4. The largest absolute Gasteiger partial charge is 0.481 e. The normalized spacial score (nSPS) is 17.1. The second kappa shape index (κ2) is 7.21. The molecule has 5 nitrogen and oxygen atoms in total. The van der Waals surface area contributed by atoms with Gasteiger partial charge >= 0.3 is 0 Å². The first-order chi connectivity index (χ1) is 11.9. The second-order valence-electron chi connectivity index (χ2n) is 6.36. The quantitative estimate of drug-likeness (QED) is 0.834. The Morgan fingerprint density at radius 3 is 2.80 bits per heavy atom. The number of hydrogen-bond acceptors (Lipinski definition) is 3. The molecule has 0 saturated carbocycles. The van der Waals surface area contributed by atoms with E-state index in [1.807, 2.05) is 24.6 Å². The number of aromatic nitrogens is 2. The molecule has 0 bridgehead atoms. The average Bonchev–Trinajstić information content (AvgIpc) is 3.13. The highest BCUT2D eigenvalue weighted by molar-refractivity contribution is 5.78. The number of amides is 1. The number of benzene rings is 1. The van der Waals surface area contributed by atoms with E-state index < -0.39 is 11.6 Å². The molecule has 0 aliphatic carbocycles. The summed E-state index contributed by atoms with van der Waals surface area (Å²) in [4.78, 5) is 14.2. The van der Waals surface area contributed by atoms with Crippen LogP contribution in [0.3, 0.4) is 0 Å². The fourth-order valence-electron chi connectivity index (χ4n) is 3.23. The third-order valence-corrected chi connectivity index (χ3v) is 4.43. The highest BCUT2D eigenvalue weighted by atomic mass is 19.1. The Morgan fingerprint density at radius 2 is 2.12 bits per heavy atom. The molecule has 2 heterocycles. The summed E-state index contributed by atoms with van der Waals surface area (Å²) in [6.07, 6.45) is 1.82. The third-order valence-electron chi connectivity index (χ3n) is 4.43. The van der Waals surface area contributed by atoms with E-state index in [0.717, 1.165) is 36.4 Å². The molecule has 0 N–H and O–H groups in total. The summed E-state index contributed by atoms with van der Waals surface area (Å²) < 4.78 is 33.6. The molecule has 134 valence electrons. The van der Waals surface area contributed by atoms with Crippen LogP contribution in [0, 0.1) is 25.5 Å². The lowest BCUT2D eigenvalue weighted by Gasteiger charge is -2.25. The van der Waals surface area contributed by atoms with Crippen molar-refractivity contribution < 1.29 is 18.3 Å². The zero-order chi connectivity index (χ0) is 18.0. The smallest absolute Gasteiger partial charge is 0.260 e. The maximum absolute atomic E-state index is 13.6. The molecule has 1 aliphatic heterocycles. The van der Waals surface area contributed by atoms with Gasteiger partial charge in [-0.3, -0.25) is 9.48 Å². The van der Waals surface area contributed by atoms with Crippen LogP contribution in [0.15, 0.2) is 24.3 Å². The van der Waals surface area contributed by atoms with Crippen molar-refractivity contribution in [3.63, 3.8) is 0 Å². The van der Waals surface area contributed by atoms with Crippen LogP contribution in [0.1, 0.15) is 24.2 Å². The minimum absolute atomic E-state index is 0.0483. The van der Waals surface area contributed by atoms with Gasteiger partial charge in [0.1, 0.15) is 5.82 Å². The van der Waals surface area contributed by atoms with Gasteiger partial charge in [-0.15, -0.1) is 0 Å². The highest BCUT2D eigenvalue weighted by Crippen LogP contribution is 2.21. The molecule has 0 unspecified atom stereocenters. The standard InChI is InChI=1S/C18H21F2N3O2/c1-12-8-13(2)23(21-12)10-15-4-3-7-22(15)18(24)11-25-17-6-5-14(19)9-16(17)20/h5-6,8-9,15H,3-4,7,10-11H2,1-2H3/t15-/m0/s1. The number of halogens is 2. The number of carbonyl (C=O) groups excluding carboxylic acids is 1. The zero-order valence-electron chi connectivity index (χ0n) is 14.3. The van der Waals surface area contributed by atoms with E-state index in [-0.39, 0.29) is 24.3 Å². The lowest BCUT2D eigenvalue weighted by Crippen LogP contribution is -2.41. The molecule has 7 heteroatoms. The highest BCUT2D eigenvalue weighted by Gasteiger charge is 2.29. The molecular formula is C18H21F2N3O2. The molecule has 1 atom stereocenters. The van der Waals surface area contributed by atoms with E-state index in [0.29, 0.717) is 13.1 Å². The summed E-state index contributed by atoms with van der Waals surface area (Å²) in [5.74, 6) is -1.81. The van der Waals surface area contributed by atoms with Gasteiger partial charge in [-0.25, -0.2) is 8.78 Å². The summed E-state index contributed by atoms with van der Waals surface area (Å²) in [6, 6.07) is 5.08. The predicted molar refractivity (Wildman–Crippen MR) is 88.3 cm³/mol. The number of carbonyl (C=O) groups is 1. The Morgan fingerprint density at radius 1 is 1.32 bits per heavy atom. The number of nitrogens with zero attached hydrogens (tertiary/aromatic N) is 3. The molecule has 1 aromatic carbocycles. The number of ether oxygens (including phenoxy) is 1. The Balaban J connectivity index is 1.61. The van der Waals surface area contributed by atoms with Crippen molar-refractivity contribution >= 4 is 5.91 Å². The fraction of sp³-hybridized carbons (Fsp3) is 0.444. The van der Waals surface area contributed by atoms with E-state index in [1.165, 1.54) is 6.07 Å². The molecule has 0 spiro atoms. The van der Waals surface area contributed by atoms with Gasteiger partial charge in [0, 0.05) is 18.3 Å². The van der Waals surface area contributed by atoms with Gasteiger partial charge in [0.2, 0.25) is 0 Å². The predicted octanol–water partition coefficient (Wildman–Crippen LogP) is 2.85.